The van der Waals surface area contributed by atoms with Crippen LogP contribution in [-0.4, -0.2) is 29.9 Å². The Morgan fingerprint density at radius 3 is 2.65 bits per heavy atom. The number of amides is 3. The zero-order valence-electron chi connectivity index (χ0n) is 15.2. The standard InChI is InChI=1S/C20H25N3O3/c1-14-5-6-15(2)18(12-14)22-19(24)16-7-9-23(10-8-16)20(25)21-13-17-4-3-11-26-17/h3-6,11-12,16H,7-10,13H2,1-2H3,(H,21,25)(H,22,24). The molecule has 3 amide bonds. The maximum atomic E-state index is 12.5. The monoisotopic (exact) mass is 355 g/mol. The number of piperidine rings is 1. The molecule has 2 aromatic rings. The van der Waals surface area contributed by atoms with Gasteiger partial charge in [-0.3, -0.25) is 4.79 Å². The van der Waals surface area contributed by atoms with Gasteiger partial charge < -0.3 is 20.0 Å². The topological polar surface area (TPSA) is 74.6 Å². The van der Waals surface area contributed by atoms with Gasteiger partial charge in [-0.2, -0.15) is 0 Å². The lowest BCUT2D eigenvalue weighted by molar-refractivity contribution is -0.121. The Bertz CT molecular complexity index is 763. The molecule has 1 aromatic heterocycles. The molecule has 0 bridgehead atoms. The Morgan fingerprint density at radius 1 is 1.19 bits per heavy atom. The maximum Gasteiger partial charge on any atom is 0.317 e. The highest BCUT2D eigenvalue weighted by atomic mass is 16.3. The van der Waals surface area contributed by atoms with Crippen molar-refractivity contribution >= 4 is 17.6 Å². The van der Waals surface area contributed by atoms with Gasteiger partial charge in [0.2, 0.25) is 5.91 Å². The third kappa shape index (κ3) is 4.45. The molecule has 3 rings (SSSR count). The minimum Gasteiger partial charge on any atom is -0.467 e. The quantitative estimate of drug-likeness (QED) is 0.882. The molecule has 6 nitrogen and oxygen atoms in total. The number of nitrogens with one attached hydrogen (secondary N) is 2. The second-order valence-electron chi connectivity index (χ2n) is 6.81. The number of rotatable bonds is 4. The van der Waals surface area contributed by atoms with Gasteiger partial charge in [0.05, 0.1) is 12.8 Å². The minimum atomic E-state index is -0.116. The molecule has 138 valence electrons. The van der Waals surface area contributed by atoms with Gasteiger partial charge in [-0.25, -0.2) is 4.79 Å². The van der Waals surface area contributed by atoms with E-state index < -0.39 is 0 Å². The van der Waals surface area contributed by atoms with Crippen molar-refractivity contribution in [2.24, 2.45) is 5.92 Å². The SMILES string of the molecule is Cc1ccc(C)c(NC(=O)C2CCN(C(=O)NCc3ccco3)CC2)c1. The molecule has 0 saturated carbocycles. The summed E-state index contributed by atoms with van der Waals surface area (Å²) in [6.45, 7) is 5.53. The number of hydrogen-bond acceptors (Lipinski definition) is 3. The van der Waals surface area contributed by atoms with Gasteiger partial charge in [-0.15, -0.1) is 0 Å². The molecule has 2 N–H and O–H groups in total. The first-order valence-electron chi connectivity index (χ1n) is 8.96. The van der Waals surface area contributed by atoms with Crippen molar-refractivity contribution in [2.75, 3.05) is 18.4 Å². The van der Waals surface area contributed by atoms with Crippen LogP contribution in [0.3, 0.4) is 0 Å². The van der Waals surface area contributed by atoms with E-state index in [4.69, 9.17) is 4.42 Å². The zero-order valence-corrected chi connectivity index (χ0v) is 15.2. The number of carbonyl (C=O) groups excluding carboxylic acids is 2. The number of aryl methyl sites for hydroxylation is 2. The molecule has 2 heterocycles. The van der Waals surface area contributed by atoms with Gasteiger partial charge in [0.25, 0.3) is 0 Å². The molecule has 1 aromatic carbocycles. The van der Waals surface area contributed by atoms with Crippen molar-refractivity contribution in [2.45, 2.75) is 33.2 Å². The summed E-state index contributed by atoms with van der Waals surface area (Å²) in [6.07, 6.45) is 2.93. The molecule has 0 unspecified atom stereocenters. The molecule has 1 saturated heterocycles. The largest absolute Gasteiger partial charge is 0.467 e. The molecule has 1 fully saturated rings. The van der Waals surface area contributed by atoms with E-state index in [0.29, 0.717) is 32.5 Å². The van der Waals surface area contributed by atoms with E-state index in [1.165, 1.54) is 0 Å². The van der Waals surface area contributed by atoms with Gasteiger partial charge in [0.15, 0.2) is 0 Å². The van der Waals surface area contributed by atoms with E-state index >= 15 is 0 Å². The summed E-state index contributed by atoms with van der Waals surface area (Å²) < 4.78 is 5.21. The molecule has 0 radical (unpaired) electrons. The van der Waals surface area contributed by atoms with Crippen molar-refractivity contribution in [1.29, 1.82) is 0 Å². The number of anilines is 1. The van der Waals surface area contributed by atoms with E-state index in [0.717, 1.165) is 22.6 Å². The molecule has 26 heavy (non-hydrogen) atoms. The second kappa shape index (κ2) is 8.08. The van der Waals surface area contributed by atoms with Crippen molar-refractivity contribution in [3.05, 3.63) is 53.5 Å². The van der Waals surface area contributed by atoms with Crippen molar-refractivity contribution in [3.8, 4) is 0 Å². The minimum absolute atomic E-state index is 0.0364. The van der Waals surface area contributed by atoms with Gasteiger partial charge in [0, 0.05) is 24.7 Å². The van der Waals surface area contributed by atoms with Crippen molar-refractivity contribution in [1.82, 2.24) is 10.2 Å². The number of benzene rings is 1. The summed E-state index contributed by atoms with van der Waals surface area (Å²) in [5.41, 5.74) is 3.04. The first-order valence-corrected chi connectivity index (χ1v) is 8.96. The molecule has 0 spiro atoms. The van der Waals surface area contributed by atoms with Crippen LogP contribution in [0.25, 0.3) is 0 Å². The average Bonchev–Trinajstić information content (AvgIpc) is 3.16. The van der Waals surface area contributed by atoms with E-state index in [1.807, 2.05) is 38.1 Å². The predicted molar refractivity (Wildman–Crippen MR) is 99.8 cm³/mol. The first-order chi connectivity index (χ1) is 12.5. The zero-order chi connectivity index (χ0) is 18.5. The highest BCUT2D eigenvalue weighted by Crippen LogP contribution is 2.22. The van der Waals surface area contributed by atoms with Gasteiger partial charge >= 0.3 is 6.03 Å². The fourth-order valence-corrected chi connectivity index (χ4v) is 3.14. The van der Waals surface area contributed by atoms with Crippen molar-refractivity contribution in [3.63, 3.8) is 0 Å². The van der Waals surface area contributed by atoms with Crippen LogP contribution in [0.1, 0.15) is 29.7 Å². The maximum absolute atomic E-state index is 12.5. The normalized spacial score (nSPS) is 14.9. The fraction of sp³-hybridized carbons (Fsp3) is 0.400. The number of hydrogen-bond donors (Lipinski definition) is 2. The lowest BCUT2D eigenvalue weighted by atomic mass is 9.95. The molecule has 1 aliphatic rings. The van der Waals surface area contributed by atoms with E-state index in [9.17, 15) is 9.59 Å². The van der Waals surface area contributed by atoms with Crippen LogP contribution in [0, 0.1) is 19.8 Å². The predicted octanol–water partition coefficient (Wildman–Crippen LogP) is 3.46. The Morgan fingerprint density at radius 2 is 1.96 bits per heavy atom. The average molecular weight is 355 g/mol. The first kappa shape index (κ1) is 18.0. The van der Waals surface area contributed by atoms with Gasteiger partial charge in [-0.1, -0.05) is 12.1 Å². The molecular weight excluding hydrogens is 330 g/mol. The lowest BCUT2D eigenvalue weighted by Crippen LogP contribution is -2.45. The smallest absolute Gasteiger partial charge is 0.317 e. The summed E-state index contributed by atoms with van der Waals surface area (Å²) in [7, 11) is 0. The molecule has 6 heteroatoms. The lowest BCUT2D eigenvalue weighted by Gasteiger charge is -2.31. The third-order valence-corrected chi connectivity index (χ3v) is 4.80. The summed E-state index contributed by atoms with van der Waals surface area (Å²) in [4.78, 5) is 26.5. The summed E-state index contributed by atoms with van der Waals surface area (Å²) in [5.74, 6) is 0.694. The van der Waals surface area contributed by atoms with Crippen LogP contribution in [0.15, 0.2) is 41.0 Å². The Hall–Kier alpha value is -2.76. The van der Waals surface area contributed by atoms with E-state index in [-0.39, 0.29) is 17.9 Å². The molecule has 0 atom stereocenters. The number of urea groups is 1. The van der Waals surface area contributed by atoms with Crippen LogP contribution in [-0.2, 0) is 11.3 Å². The summed E-state index contributed by atoms with van der Waals surface area (Å²) >= 11 is 0. The summed E-state index contributed by atoms with van der Waals surface area (Å²) in [6, 6.07) is 9.53. The van der Waals surface area contributed by atoms with Crippen LogP contribution in [0.5, 0.6) is 0 Å². The van der Waals surface area contributed by atoms with Crippen LogP contribution in [0.2, 0.25) is 0 Å². The number of carbonyl (C=O) groups is 2. The molecular formula is C20H25N3O3. The Kier molecular flexibility index (Phi) is 5.61. The fourth-order valence-electron chi connectivity index (χ4n) is 3.14. The Labute approximate surface area is 153 Å². The third-order valence-electron chi connectivity index (χ3n) is 4.80. The number of furan rings is 1. The van der Waals surface area contributed by atoms with Crippen LogP contribution in [0.4, 0.5) is 10.5 Å². The van der Waals surface area contributed by atoms with Gasteiger partial charge in [-0.05, 0) is 56.0 Å². The summed E-state index contributed by atoms with van der Waals surface area (Å²) in [5, 5.41) is 5.88. The molecule has 1 aliphatic heterocycles. The van der Waals surface area contributed by atoms with E-state index in [1.54, 1.807) is 17.2 Å². The number of nitrogens with zero attached hydrogens (tertiary/aromatic N) is 1. The van der Waals surface area contributed by atoms with Crippen molar-refractivity contribution < 1.29 is 14.0 Å². The molecule has 0 aliphatic carbocycles. The van der Waals surface area contributed by atoms with Gasteiger partial charge in [0.1, 0.15) is 5.76 Å². The highest BCUT2D eigenvalue weighted by molar-refractivity contribution is 5.93. The highest BCUT2D eigenvalue weighted by Gasteiger charge is 2.27. The van der Waals surface area contributed by atoms with Crippen LogP contribution < -0.4 is 10.6 Å². The number of likely N-dealkylation sites (tertiary alicyclic amines) is 1. The Balaban J connectivity index is 1.47. The van der Waals surface area contributed by atoms with E-state index in [2.05, 4.69) is 10.6 Å². The second-order valence-corrected chi connectivity index (χ2v) is 6.81. The van der Waals surface area contributed by atoms with Crippen LogP contribution >= 0.6 is 0 Å².